The van der Waals surface area contributed by atoms with Crippen molar-refractivity contribution >= 4 is 33.1 Å². The Balaban J connectivity index is 1.77. The Morgan fingerprint density at radius 2 is 2.00 bits per heavy atom. The topological polar surface area (TPSA) is 52.3 Å². The van der Waals surface area contributed by atoms with E-state index in [1.807, 2.05) is 24.3 Å². The van der Waals surface area contributed by atoms with Gasteiger partial charge in [-0.25, -0.2) is 4.79 Å². The molecule has 1 aromatic heterocycles. The average molecular weight is 275 g/mol. The molecule has 1 aliphatic rings. The van der Waals surface area contributed by atoms with Gasteiger partial charge in [0.1, 0.15) is 11.0 Å². The molecule has 0 amide bonds. The van der Waals surface area contributed by atoms with Gasteiger partial charge in [-0.1, -0.05) is 6.42 Å². The van der Waals surface area contributed by atoms with Crippen molar-refractivity contribution in [2.24, 2.45) is 0 Å². The molecule has 100 valence electrons. The van der Waals surface area contributed by atoms with Crippen LogP contribution in [0.1, 0.15) is 41.8 Å². The third kappa shape index (κ3) is 2.73. The zero-order valence-corrected chi connectivity index (χ0v) is 11.5. The van der Waals surface area contributed by atoms with E-state index in [-0.39, 0.29) is 12.1 Å². The van der Waals surface area contributed by atoms with Gasteiger partial charge in [0.05, 0.1) is 0 Å². The van der Waals surface area contributed by atoms with Crippen molar-refractivity contribution in [3.8, 4) is 0 Å². The minimum absolute atomic E-state index is 0.108. The summed E-state index contributed by atoms with van der Waals surface area (Å²) in [5.74, 6) is -0.188. The summed E-state index contributed by atoms with van der Waals surface area (Å²) in [4.78, 5) is 12.8. The summed E-state index contributed by atoms with van der Waals surface area (Å²) < 4.78 is 6.65. The summed E-state index contributed by atoms with van der Waals surface area (Å²) >= 11 is 1.47. The summed E-state index contributed by atoms with van der Waals surface area (Å²) in [5.41, 5.74) is 6.47. The summed E-state index contributed by atoms with van der Waals surface area (Å²) in [6, 6.07) is 7.58. The molecule has 0 aliphatic heterocycles. The number of nitrogens with two attached hydrogens (primary N) is 1. The van der Waals surface area contributed by atoms with Gasteiger partial charge in [0.25, 0.3) is 0 Å². The van der Waals surface area contributed by atoms with Crippen LogP contribution < -0.4 is 5.73 Å². The molecule has 0 bridgehead atoms. The first-order valence-corrected chi connectivity index (χ1v) is 7.54. The van der Waals surface area contributed by atoms with Gasteiger partial charge >= 0.3 is 5.97 Å². The summed E-state index contributed by atoms with van der Waals surface area (Å²) in [5, 5.41) is 1.01. The first-order chi connectivity index (χ1) is 9.22. The molecule has 0 atom stereocenters. The van der Waals surface area contributed by atoms with Crippen LogP contribution in [0, 0.1) is 0 Å². The van der Waals surface area contributed by atoms with E-state index < -0.39 is 0 Å². The monoisotopic (exact) mass is 275 g/mol. The number of benzene rings is 1. The average Bonchev–Trinajstić information content (AvgIpc) is 2.83. The number of fused-ring (bicyclic) bond motifs is 1. The molecule has 1 saturated carbocycles. The van der Waals surface area contributed by atoms with Gasteiger partial charge in [0, 0.05) is 10.4 Å². The Hall–Kier alpha value is -1.55. The highest BCUT2D eigenvalue weighted by Gasteiger charge is 2.20. The van der Waals surface area contributed by atoms with Crippen molar-refractivity contribution in [3.63, 3.8) is 0 Å². The van der Waals surface area contributed by atoms with Crippen LogP contribution >= 0.6 is 11.3 Å². The van der Waals surface area contributed by atoms with E-state index in [0.29, 0.717) is 4.88 Å². The molecule has 2 aromatic rings. The molecule has 4 heteroatoms. The van der Waals surface area contributed by atoms with Crippen molar-refractivity contribution < 1.29 is 9.53 Å². The predicted octanol–water partition coefficient (Wildman–Crippen LogP) is 3.97. The number of ether oxygens (including phenoxy) is 1. The van der Waals surface area contributed by atoms with Crippen molar-refractivity contribution in [1.82, 2.24) is 0 Å². The number of anilines is 1. The lowest BCUT2D eigenvalue weighted by molar-refractivity contribution is 0.0217. The van der Waals surface area contributed by atoms with E-state index in [0.717, 1.165) is 28.6 Å². The fourth-order valence-electron chi connectivity index (χ4n) is 2.55. The number of rotatable bonds is 2. The normalized spacial score (nSPS) is 16.6. The predicted molar refractivity (Wildman–Crippen MR) is 78.5 cm³/mol. The molecule has 19 heavy (non-hydrogen) atoms. The molecule has 1 heterocycles. The zero-order valence-electron chi connectivity index (χ0n) is 10.7. The maximum absolute atomic E-state index is 12.1. The molecule has 3 nitrogen and oxygen atoms in total. The van der Waals surface area contributed by atoms with Crippen molar-refractivity contribution in [3.05, 3.63) is 29.1 Å². The second-order valence-corrected chi connectivity index (χ2v) is 6.16. The van der Waals surface area contributed by atoms with Crippen LogP contribution in [-0.2, 0) is 4.74 Å². The van der Waals surface area contributed by atoms with E-state index >= 15 is 0 Å². The van der Waals surface area contributed by atoms with Gasteiger partial charge in [-0.15, -0.1) is 11.3 Å². The highest BCUT2D eigenvalue weighted by Crippen LogP contribution is 2.29. The van der Waals surface area contributed by atoms with Crippen molar-refractivity contribution in [2.75, 3.05) is 5.73 Å². The highest BCUT2D eigenvalue weighted by atomic mass is 32.1. The molecule has 0 unspecified atom stereocenters. The fourth-order valence-corrected chi connectivity index (χ4v) is 3.48. The van der Waals surface area contributed by atoms with Crippen LogP contribution in [0.4, 0.5) is 5.69 Å². The SMILES string of the molecule is Nc1ccc2sc(C(=O)OC3CCCCC3)cc2c1. The lowest BCUT2D eigenvalue weighted by Gasteiger charge is -2.21. The number of nitrogen functional groups attached to an aromatic ring is 1. The maximum Gasteiger partial charge on any atom is 0.348 e. The number of carbonyl (C=O) groups excluding carboxylic acids is 1. The Bertz CT molecular complexity index is 599. The van der Waals surface area contributed by atoms with Crippen LogP contribution in [0.15, 0.2) is 24.3 Å². The smallest absolute Gasteiger partial charge is 0.348 e. The fraction of sp³-hybridized carbons (Fsp3) is 0.400. The van der Waals surface area contributed by atoms with E-state index in [2.05, 4.69) is 0 Å². The largest absolute Gasteiger partial charge is 0.458 e. The lowest BCUT2D eigenvalue weighted by Crippen LogP contribution is -2.20. The molecule has 1 fully saturated rings. The maximum atomic E-state index is 12.1. The van der Waals surface area contributed by atoms with Gasteiger partial charge in [-0.2, -0.15) is 0 Å². The molecular weight excluding hydrogens is 258 g/mol. The third-order valence-corrected chi connectivity index (χ3v) is 4.66. The van der Waals surface area contributed by atoms with Crippen LogP contribution in [0.25, 0.3) is 10.1 Å². The third-order valence-electron chi connectivity index (χ3n) is 3.57. The van der Waals surface area contributed by atoms with Crippen LogP contribution in [0.5, 0.6) is 0 Å². The van der Waals surface area contributed by atoms with Crippen LogP contribution in [0.2, 0.25) is 0 Å². The Morgan fingerprint density at radius 1 is 1.21 bits per heavy atom. The number of esters is 1. The number of hydrogen-bond acceptors (Lipinski definition) is 4. The first kappa shape index (κ1) is 12.5. The Morgan fingerprint density at radius 3 is 2.79 bits per heavy atom. The van der Waals surface area contributed by atoms with Gasteiger partial charge in [-0.05, 0) is 55.3 Å². The van der Waals surface area contributed by atoms with Crippen molar-refractivity contribution in [1.29, 1.82) is 0 Å². The van der Waals surface area contributed by atoms with Gasteiger partial charge in [0.15, 0.2) is 0 Å². The number of thiophene rings is 1. The summed E-state index contributed by atoms with van der Waals surface area (Å²) in [6.45, 7) is 0. The summed E-state index contributed by atoms with van der Waals surface area (Å²) in [6.07, 6.45) is 5.71. The van der Waals surface area contributed by atoms with E-state index in [4.69, 9.17) is 10.5 Å². The molecular formula is C15H17NO2S. The minimum Gasteiger partial charge on any atom is -0.458 e. The lowest BCUT2D eigenvalue weighted by atomic mass is 9.98. The first-order valence-electron chi connectivity index (χ1n) is 6.72. The molecule has 0 spiro atoms. The quantitative estimate of drug-likeness (QED) is 0.666. The minimum atomic E-state index is -0.188. The van der Waals surface area contributed by atoms with Crippen LogP contribution in [0.3, 0.4) is 0 Å². The second kappa shape index (κ2) is 5.21. The molecule has 3 rings (SSSR count). The summed E-state index contributed by atoms with van der Waals surface area (Å²) in [7, 11) is 0. The molecule has 2 N–H and O–H groups in total. The van der Waals surface area contributed by atoms with E-state index in [1.54, 1.807) is 0 Å². The van der Waals surface area contributed by atoms with Crippen molar-refractivity contribution in [2.45, 2.75) is 38.2 Å². The zero-order chi connectivity index (χ0) is 13.2. The highest BCUT2D eigenvalue weighted by molar-refractivity contribution is 7.20. The van der Waals surface area contributed by atoms with Gasteiger partial charge < -0.3 is 10.5 Å². The van der Waals surface area contributed by atoms with Crippen LogP contribution in [-0.4, -0.2) is 12.1 Å². The van der Waals surface area contributed by atoms with E-state index in [9.17, 15) is 4.79 Å². The van der Waals surface area contributed by atoms with E-state index in [1.165, 1.54) is 30.6 Å². The molecule has 0 radical (unpaired) electrons. The Labute approximate surface area is 116 Å². The Kier molecular flexibility index (Phi) is 3.42. The molecule has 0 saturated heterocycles. The standard InChI is InChI=1S/C15H17NO2S/c16-11-6-7-13-10(8-11)9-14(19-13)15(17)18-12-4-2-1-3-5-12/h6-9,12H,1-5,16H2. The number of carbonyl (C=O) groups is 1. The number of hydrogen-bond donors (Lipinski definition) is 1. The second-order valence-electron chi connectivity index (χ2n) is 5.07. The molecule has 1 aliphatic carbocycles. The molecule has 1 aromatic carbocycles. The van der Waals surface area contributed by atoms with Gasteiger partial charge in [0.2, 0.25) is 0 Å². The van der Waals surface area contributed by atoms with Gasteiger partial charge in [-0.3, -0.25) is 0 Å².